The molecule has 3 amide bonds. The number of hydrogen-bond acceptors (Lipinski definition) is 5. The van der Waals surface area contributed by atoms with E-state index in [9.17, 15) is 14.7 Å². The standard InChI is InChI=1S/C36H44BrN3O4S/c1-7-17-38(20-25-15-10-9-11-16-25)33(42)28-29-34(43)40(27(21-41)22(3)4)32(36(29)19-26(37)31(28)45-36)35(44)39(18-8-2)30-23(5)13-12-14-24(30)6/h7-16,22,26-29,31-32,41H,1-2,17-21H2,3-6H3/t26?,27-,28-,29-,31-,32?,36?/m0/s1. The van der Waals surface area contributed by atoms with Crippen molar-refractivity contribution >= 4 is 51.1 Å². The summed E-state index contributed by atoms with van der Waals surface area (Å²) in [6, 6.07) is 14.3. The van der Waals surface area contributed by atoms with Crippen LogP contribution in [-0.2, 0) is 20.9 Å². The van der Waals surface area contributed by atoms with E-state index < -0.39 is 28.7 Å². The molecular weight excluding hydrogens is 650 g/mol. The van der Waals surface area contributed by atoms with Crippen molar-refractivity contribution in [2.75, 3.05) is 24.6 Å². The van der Waals surface area contributed by atoms with Gasteiger partial charge in [-0.2, -0.15) is 0 Å². The van der Waals surface area contributed by atoms with Crippen LogP contribution in [0, 0.1) is 31.6 Å². The Labute approximate surface area is 279 Å². The first kappa shape index (κ1) is 33.5. The normalized spacial score (nSPS) is 27.4. The SMILES string of the molecule is C=CCN(Cc1ccccc1)C(=O)[C@H]1[C@H]2C(=O)N([C@@H](CO)C(C)C)C(C(=O)N(CC=C)c3c(C)cccc3C)C23CC(Br)[C@@H]1S3. The molecule has 0 aliphatic carbocycles. The minimum Gasteiger partial charge on any atom is -0.394 e. The second-order valence-corrected chi connectivity index (χ2v) is 15.6. The minimum absolute atomic E-state index is 0.0577. The molecule has 1 spiro atoms. The fourth-order valence-corrected chi connectivity index (χ4v) is 11.4. The van der Waals surface area contributed by atoms with Crippen molar-refractivity contribution in [3.8, 4) is 0 Å². The highest BCUT2D eigenvalue weighted by Crippen LogP contribution is 2.68. The van der Waals surface area contributed by atoms with Gasteiger partial charge in [-0.15, -0.1) is 24.9 Å². The third-order valence-electron chi connectivity index (χ3n) is 9.72. The molecule has 3 unspecified atom stereocenters. The number of benzene rings is 2. The quantitative estimate of drug-likeness (QED) is 0.234. The maximum absolute atomic E-state index is 15.1. The van der Waals surface area contributed by atoms with Gasteiger partial charge >= 0.3 is 0 Å². The van der Waals surface area contributed by atoms with E-state index in [2.05, 4.69) is 29.1 Å². The van der Waals surface area contributed by atoms with Gasteiger partial charge < -0.3 is 19.8 Å². The average Bonchev–Trinajstić information content (AvgIpc) is 3.60. The fraction of sp³-hybridized carbons (Fsp3) is 0.472. The first-order valence-electron chi connectivity index (χ1n) is 15.7. The van der Waals surface area contributed by atoms with Crippen LogP contribution in [0.4, 0.5) is 5.69 Å². The molecular formula is C36H44BrN3O4S. The largest absolute Gasteiger partial charge is 0.394 e. The van der Waals surface area contributed by atoms with E-state index in [1.807, 2.05) is 76.2 Å². The van der Waals surface area contributed by atoms with Crippen LogP contribution in [0.1, 0.15) is 37.0 Å². The Balaban J connectivity index is 1.62. The molecule has 0 radical (unpaired) electrons. The number of rotatable bonds is 12. The van der Waals surface area contributed by atoms with Crippen molar-refractivity contribution in [3.63, 3.8) is 0 Å². The van der Waals surface area contributed by atoms with E-state index >= 15 is 4.79 Å². The molecule has 0 saturated carbocycles. The summed E-state index contributed by atoms with van der Waals surface area (Å²) >= 11 is 5.51. The summed E-state index contributed by atoms with van der Waals surface area (Å²) < 4.78 is -0.835. The molecule has 7 nitrogen and oxygen atoms in total. The zero-order chi connectivity index (χ0) is 32.6. The molecule has 1 N–H and O–H groups in total. The van der Waals surface area contributed by atoms with Gasteiger partial charge in [0.1, 0.15) is 6.04 Å². The van der Waals surface area contributed by atoms with Gasteiger partial charge in [-0.3, -0.25) is 14.4 Å². The highest BCUT2D eigenvalue weighted by atomic mass is 79.9. The fourth-order valence-electron chi connectivity index (χ4n) is 7.81. The summed E-state index contributed by atoms with van der Waals surface area (Å²) in [5.74, 6) is -1.94. The average molecular weight is 695 g/mol. The number of hydrogen-bond donors (Lipinski definition) is 1. The highest BCUT2D eigenvalue weighted by molar-refractivity contribution is 9.09. The minimum atomic E-state index is -0.858. The number of anilines is 1. The number of carbonyl (C=O) groups excluding carboxylic acids is 3. The third kappa shape index (κ3) is 5.69. The van der Waals surface area contributed by atoms with Gasteiger partial charge in [0.05, 0.1) is 29.2 Å². The first-order chi connectivity index (χ1) is 21.5. The van der Waals surface area contributed by atoms with Gasteiger partial charge in [0.2, 0.25) is 11.8 Å². The lowest BCUT2D eigenvalue weighted by Gasteiger charge is -2.41. The van der Waals surface area contributed by atoms with E-state index in [1.165, 1.54) is 0 Å². The van der Waals surface area contributed by atoms with Crippen molar-refractivity contribution in [3.05, 3.63) is 90.5 Å². The molecule has 3 heterocycles. The zero-order valence-electron chi connectivity index (χ0n) is 26.6. The zero-order valence-corrected chi connectivity index (χ0v) is 29.0. The molecule has 9 heteroatoms. The van der Waals surface area contributed by atoms with Gasteiger partial charge in [-0.1, -0.05) is 90.5 Å². The van der Waals surface area contributed by atoms with E-state index in [4.69, 9.17) is 0 Å². The van der Waals surface area contributed by atoms with Gasteiger partial charge in [0.25, 0.3) is 5.91 Å². The number of alkyl halides is 1. The van der Waals surface area contributed by atoms with Gasteiger partial charge in [-0.05, 0) is 42.9 Å². The lowest BCUT2D eigenvalue weighted by molar-refractivity contribution is -0.146. The van der Waals surface area contributed by atoms with Gasteiger partial charge in [0.15, 0.2) is 0 Å². The Morgan fingerprint density at radius 2 is 1.71 bits per heavy atom. The van der Waals surface area contributed by atoms with Crippen LogP contribution in [-0.4, -0.2) is 79.2 Å². The van der Waals surface area contributed by atoms with Crippen LogP contribution in [0.15, 0.2) is 73.8 Å². The van der Waals surface area contributed by atoms with Gasteiger partial charge in [-0.25, -0.2) is 0 Å². The summed E-state index contributed by atoms with van der Waals surface area (Å²) in [6.07, 6.45) is 4.00. The predicted molar refractivity (Wildman–Crippen MR) is 185 cm³/mol. The van der Waals surface area contributed by atoms with Crippen LogP contribution >= 0.6 is 27.7 Å². The Morgan fingerprint density at radius 1 is 1.07 bits per heavy atom. The smallest absolute Gasteiger partial charge is 0.251 e. The van der Waals surface area contributed by atoms with Crippen LogP contribution in [0.25, 0.3) is 0 Å². The van der Waals surface area contributed by atoms with Crippen molar-refractivity contribution in [1.29, 1.82) is 0 Å². The maximum atomic E-state index is 15.1. The second-order valence-electron chi connectivity index (χ2n) is 12.9. The number of amides is 3. The van der Waals surface area contributed by atoms with Crippen molar-refractivity contribution < 1.29 is 19.5 Å². The number of aliphatic hydroxyl groups excluding tert-OH is 1. The van der Waals surface area contributed by atoms with E-state index in [-0.39, 0.29) is 46.9 Å². The van der Waals surface area contributed by atoms with E-state index in [1.54, 1.807) is 38.6 Å². The second kappa shape index (κ2) is 13.5. The molecule has 7 atom stereocenters. The summed E-state index contributed by atoms with van der Waals surface area (Å²) in [5.41, 5.74) is 3.71. The Kier molecular flexibility index (Phi) is 10.0. The predicted octanol–water partition coefficient (Wildman–Crippen LogP) is 5.52. The number of nitrogens with zero attached hydrogens (tertiary/aromatic N) is 3. The number of para-hydroxylation sites is 1. The molecule has 45 heavy (non-hydrogen) atoms. The molecule has 2 aromatic carbocycles. The van der Waals surface area contributed by atoms with E-state index in [0.717, 1.165) is 22.4 Å². The third-order valence-corrected chi connectivity index (χ3v) is 12.9. The number of thioether (sulfide) groups is 1. The Bertz CT molecular complexity index is 1450. The van der Waals surface area contributed by atoms with E-state index in [0.29, 0.717) is 19.5 Å². The number of carbonyl (C=O) groups is 3. The lowest BCUT2D eigenvalue weighted by Crippen LogP contribution is -2.59. The number of halogens is 1. The van der Waals surface area contributed by atoms with Crippen molar-refractivity contribution in [2.24, 2.45) is 17.8 Å². The monoisotopic (exact) mass is 693 g/mol. The van der Waals surface area contributed by atoms with Gasteiger partial charge in [0, 0.05) is 35.4 Å². The maximum Gasteiger partial charge on any atom is 0.251 e. The number of aliphatic hydroxyl groups is 1. The molecule has 5 rings (SSSR count). The summed E-state index contributed by atoms with van der Waals surface area (Å²) in [6.45, 7) is 16.5. The summed E-state index contributed by atoms with van der Waals surface area (Å²) in [5, 5.41) is 10.5. The molecule has 3 fully saturated rings. The number of likely N-dealkylation sites (tertiary alicyclic amines) is 1. The van der Waals surface area contributed by atoms with Crippen molar-refractivity contribution in [2.45, 2.75) is 67.6 Å². The summed E-state index contributed by atoms with van der Waals surface area (Å²) in [7, 11) is 0. The van der Waals surface area contributed by atoms with Crippen molar-refractivity contribution in [1.82, 2.24) is 9.80 Å². The first-order valence-corrected chi connectivity index (χ1v) is 17.5. The summed E-state index contributed by atoms with van der Waals surface area (Å²) in [4.78, 5) is 49.6. The highest BCUT2D eigenvalue weighted by Gasteiger charge is 2.76. The Morgan fingerprint density at radius 3 is 2.29 bits per heavy atom. The molecule has 3 aliphatic heterocycles. The topological polar surface area (TPSA) is 81.2 Å². The van der Waals surface area contributed by atoms with Crippen LogP contribution in [0.3, 0.4) is 0 Å². The van der Waals surface area contributed by atoms with Crippen LogP contribution in [0.5, 0.6) is 0 Å². The molecule has 240 valence electrons. The molecule has 2 aromatic rings. The lowest BCUT2D eigenvalue weighted by atomic mass is 9.70. The van der Waals surface area contributed by atoms with Crippen LogP contribution < -0.4 is 4.90 Å². The molecule has 3 aliphatic rings. The number of fused-ring (bicyclic) bond motifs is 1. The molecule has 2 bridgehead atoms. The van der Waals surface area contributed by atoms with Crippen LogP contribution in [0.2, 0.25) is 0 Å². The molecule has 3 saturated heterocycles. The Hall–Kier alpha value is -2.88. The molecule has 0 aromatic heterocycles. The number of aryl methyl sites for hydroxylation is 2.